The fraction of sp³-hybridized carbons (Fsp3) is 0.684. The Morgan fingerprint density at radius 3 is 2.11 bits per heavy atom. The zero-order valence-electron chi connectivity index (χ0n) is 18.8. The van der Waals surface area contributed by atoms with E-state index >= 15 is 0 Å². The highest BCUT2D eigenvalue weighted by Gasteiger charge is 2.42. The van der Waals surface area contributed by atoms with E-state index in [0.717, 1.165) is 39.1 Å². The Morgan fingerprint density at radius 1 is 1.14 bits per heavy atom. The Morgan fingerprint density at radius 2 is 1.69 bits per heavy atom. The van der Waals surface area contributed by atoms with Crippen molar-refractivity contribution >= 4 is 17.8 Å². The summed E-state index contributed by atoms with van der Waals surface area (Å²) in [6, 6.07) is 0.441. The summed E-state index contributed by atoms with van der Waals surface area (Å²) in [5.41, 5.74) is 1.21. The van der Waals surface area contributed by atoms with Crippen LogP contribution < -0.4 is 5.32 Å². The van der Waals surface area contributed by atoms with Crippen LogP contribution >= 0.6 is 0 Å². The van der Waals surface area contributed by atoms with Crippen molar-refractivity contribution in [2.24, 2.45) is 5.92 Å². The topological polar surface area (TPSA) is 134 Å². The van der Waals surface area contributed by atoms with Gasteiger partial charge in [-0.1, -0.05) is 0 Å². The van der Waals surface area contributed by atoms with Gasteiger partial charge in [0.15, 0.2) is 0 Å². The first-order chi connectivity index (χ1) is 16.1. The molecular formula is C19H26F6N4O6. The molecule has 2 aliphatic rings. The summed E-state index contributed by atoms with van der Waals surface area (Å²) in [5.74, 6) is -5.37. The quantitative estimate of drug-likeness (QED) is 0.513. The number of amides is 1. The third-order valence-corrected chi connectivity index (χ3v) is 5.11. The Kier molecular flexibility index (Phi) is 11.0. The number of piperidine rings is 1. The van der Waals surface area contributed by atoms with Gasteiger partial charge in [-0.25, -0.2) is 9.59 Å². The molecule has 0 radical (unpaired) electrons. The number of hydrogen-bond donors (Lipinski definition) is 3. The minimum absolute atomic E-state index is 0.0237. The highest BCUT2D eigenvalue weighted by atomic mass is 19.4. The van der Waals surface area contributed by atoms with Gasteiger partial charge in [0.2, 0.25) is 5.91 Å². The van der Waals surface area contributed by atoms with Crippen LogP contribution in [-0.4, -0.2) is 87.4 Å². The third kappa shape index (κ3) is 9.71. The van der Waals surface area contributed by atoms with Crippen LogP contribution in [-0.2, 0) is 32.2 Å². The first kappa shape index (κ1) is 30.2. The number of aromatic nitrogens is 2. The lowest BCUT2D eigenvalue weighted by Gasteiger charge is -2.40. The van der Waals surface area contributed by atoms with Crippen molar-refractivity contribution in [2.75, 3.05) is 20.2 Å². The number of ether oxygens (including phenoxy) is 1. The first-order valence-electron chi connectivity index (χ1n) is 10.3. The van der Waals surface area contributed by atoms with E-state index < -0.39 is 24.3 Å². The zero-order chi connectivity index (χ0) is 27.0. The van der Waals surface area contributed by atoms with Crippen molar-refractivity contribution in [1.29, 1.82) is 0 Å². The number of rotatable bonds is 4. The standard InChI is InChI=1S/C15H24N4O2.2C2HF3O2/c1-3-19-9-11(7-17-19)8-18-10-12(15(20)16-2)6-14-13(18)4-5-21-14;2*3-2(4,5)1(6)7/h7,9,12-14H,3-6,8,10H2,1-2H3,(H,16,20);2*(H,6,7)/t12-,13+,14+;;/m0../s1. The molecule has 2 fully saturated rings. The summed E-state index contributed by atoms with van der Waals surface area (Å²) in [6.45, 7) is 5.43. The number of halogens is 6. The minimum atomic E-state index is -5.08. The van der Waals surface area contributed by atoms with Gasteiger partial charge in [0, 0.05) is 51.1 Å². The lowest BCUT2D eigenvalue weighted by molar-refractivity contribution is -0.193. The number of aryl methyl sites for hydroxylation is 1. The van der Waals surface area contributed by atoms with Crippen LogP contribution in [0.5, 0.6) is 0 Å². The van der Waals surface area contributed by atoms with E-state index in [9.17, 15) is 31.1 Å². The second-order valence-corrected chi connectivity index (χ2v) is 7.55. The number of carboxylic acid groups (broad SMARTS) is 2. The highest BCUT2D eigenvalue weighted by molar-refractivity contribution is 5.78. The molecule has 1 amide bonds. The van der Waals surface area contributed by atoms with Crippen molar-refractivity contribution < 1.29 is 55.7 Å². The molecule has 0 aliphatic carbocycles. The van der Waals surface area contributed by atoms with Gasteiger partial charge in [-0.2, -0.15) is 31.4 Å². The van der Waals surface area contributed by atoms with Gasteiger partial charge in [-0.05, 0) is 19.8 Å². The molecule has 3 heterocycles. The van der Waals surface area contributed by atoms with Crippen LogP contribution in [0.4, 0.5) is 26.3 Å². The molecule has 35 heavy (non-hydrogen) atoms. The summed E-state index contributed by atoms with van der Waals surface area (Å²) in [7, 11) is 1.71. The van der Waals surface area contributed by atoms with Crippen LogP contribution in [0, 0.1) is 5.92 Å². The Hall–Kier alpha value is -2.88. The molecule has 1 aromatic rings. The number of nitrogens with one attached hydrogen (secondary N) is 1. The molecule has 1 aromatic heterocycles. The van der Waals surface area contributed by atoms with E-state index in [4.69, 9.17) is 24.5 Å². The largest absolute Gasteiger partial charge is 0.490 e. The minimum Gasteiger partial charge on any atom is -0.475 e. The molecule has 0 spiro atoms. The molecule has 10 nitrogen and oxygen atoms in total. The van der Waals surface area contributed by atoms with Crippen LogP contribution in [0.3, 0.4) is 0 Å². The maximum absolute atomic E-state index is 12.0. The number of aliphatic carboxylic acids is 2. The molecule has 0 bridgehead atoms. The van der Waals surface area contributed by atoms with E-state index in [1.807, 2.05) is 10.9 Å². The van der Waals surface area contributed by atoms with Gasteiger partial charge in [-0.15, -0.1) is 0 Å². The van der Waals surface area contributed by atoms with Crippen molar-refractivity contribution in [3.8, 4) is 0 Å². The number of carbonyl (C=O) groups excluding carboxylic acids is 1. The number of nitrogens with zero attached hydrogens (tertiary/aromatic N) is 3. The Bertz CT molecular complexity index is 836. The first-order valence-corrected chi connectivity index (χ1v) is 10.3. The summed E-state index contributed by atoms with van der Waals surface area (Å²) < 4.78 is 71.2. The number of carbonyl (C=O) groups is 3. The number of likely N-dealkylation sites (tertiary alicyclic amines) is 1. The summed E-state index contributed by atoms with van der Waals surface area (Å²) >= 11 is 0. The van der Waals surface area contributed by atoms with Crippen LogP contribution in [0.25, 0.3) is 0 Å². The number of fused-ring (bicyclic) bond motifs is 1. The van der Waals surface area contributed by atoms with Crippen molar-refractivity contribution in [1.82, 2.24) is 20.0 Å². The van der Waals surface area contributed by atoms with Gasteiger partial charge in [0.25, 0.3) is 0 Å². The maximum Gasteiger partial charge on any atom is 0.490 e. The molecule has 200 valence electrons. The molecule has 3 atom stereocenters. The summed E-state index contributed by atoms with van der Waals surface area (Å²) in [6.07, 6.45) is -4.05. The van der Waals surface area contributed by atoms with Crippen molar-refractivity contribution in [2.45, 2.75) is 57.4 Å². The van der Waals surface area contributed by atoms with Crippen LogP contribution in [0.1, 0.15) is 25.3 Å². The van der Waals surface area contributed by atoms with Gasteiger partial charge >= 0.3 is 24.3 Å². The maximum atomic E-state index is 12.0. The second-order valence-electron chi connectivity index (χ2n) is 7.55. The predicted octanol–water partition coefficient (Wildman–Crippen LogP) is 1.90. The number of carboxylic acids is 2. The van der Waals surface area contributed by atoms with Crippen molar-refractivity contribution in [3.05, 3.63) is 18.0 Å². The number of alkyl halides is 6. The fourth-order valence-electron chi connectivity index (χ4n) is 3.52. The van der Waals surface area contributed by atoms with Gasteiger partial charge in [0.1, 0.15) is 0 Å². The predicted molar refractivity (Wildman–Crippen MR) is 106 cm³/mol. The smallest absolute Gasteiger partial charge is 0.475 e. The molecule has 0 saturated carbocycles. The van der Waals surface area contributed by atoms with Gasteiger partial charge in [-0.3, -0.25) is 14.4 Å². The molecule has 3 rings (SSSR count). The highest BCUT2D eigenvalue weighted by Crippen LogP contribution is 2.32. The fourth-order valence-corrected chi connectivity index (χ4v) is 3.52. The molecule has 16 heteroatoms. The van der Waals surface area contributed by atoms with E-state index in [1.165, 1.54) is 5.56 Å². The van der Waals surface area contributed by atoms with E-state index in [1.54, 1.807) is 7.05 Å². The molecular weight excluding hydrogens is 494 g/mol. The zero-order valence-corrected chi connectivity index (χ0v) is 18.8. The summed E-state index contributed by atoms with van der Waals surface area (Å²) in [4.78, 5) is 32.2. The lowest BCUT2D eigenvalue weighted by atomic mass is 9.89. The normalized spacial score (nSPS) is 22.1. The molecule has 3 N–H and O–H groups in total. The lowest BCUT2D eigenvalue weighted by Crippen LogP contribution is -2.52. The van der Waals surface area contributed by atoms with E-state index in [2.05, 4.69) is 28.4 Å². The summed E-state index contributed by atoms with van der Waals surface area (Å²) in [5, 5.41) is 21.4. The van der Waals surface area contributed by atoms with Crippen LogP contribution in [0.2, 0.25) is 0 Å². The number of hydrogen-bond acceptors (Lipinski definition) is 6. The SMILES string of the molecule is CCn1cc(CN2C[C@@H](C(=O)NC)C[C@H]3OCC[C@H]32)cn1.O=C(O)C(F)(F)F.O=C(O)C(F)(F)F. The van der Waals surface area contributed by atoms with Gasteiger partial charge in [0.05, 0.1) is 18.2 Å². The molecule has 2 aliphatic heterocycles. The third-order valence-electron chi connectivity index (χ3n) is 5.11. The molecule has 0 aromatic carbocycles. The van der Waals surface area contributed by atoms with E-state index in [-0.39, 0.29) is 17.9 Å². The molecule has 0 unspecified atom stereocenters. The average molecular weight is 520 g/mol. The average Bonchev–Trinajstić information content (AvgIpc) is 3.41. The second kappa shape index (κ2) is 12.7. The Balaban J connectivity index is 0.000000362. The van der Waals surface area contributed by atoms with Gasteiger partial charge < -0.3 is 20.3 Å². The molecule has 2 saturated heterocycles. The Labute approximate surface area is 195 Å². The van der Waals surface area contributed by atoms with Crippen LogP contribution in [0.15, 0.2) is 12.4 Å². The van der Waals surface area contributed by atoms with Crippen molar-refractivity contribution in [3.63, 3.8) is 0 Å². The van der Waals surface area contributed by atoms with E-state index in [0.29, 0.717) is 6.04 Å². The monoisotopic (exact) mass is 520 g/mol.